The van der Waals surface area contributed by atoms with Crippen LogP contribution in [0.5, 0.6) is 0 Å². The van der Waals surface area contributed by atoms with E-state index in [4.69, 9.17) is 4.74 Å². The Labute approximate surface area is 153 Å². The van der Waals surface area contributed by atoms with Crippen molar-refractivity contribution in [3.63, 3.8) is 0 Å². The molecule has 4 heterocycles. The van der Waals surface area contributed by atoms with Gasteiger partial charge in [-0.15, -0.1) is 11.3 Å². The van der Waals surface area contributed by atoms with Crippen LogP contribution < -0.4 is 10.2 Å². The lowest BCUT2D eigenvalue weighted by Crippen LogP contribution is -2.37. The molecule has 0 spiro atoms. The van der Waals surface area contributed by atoms with Gasteiger partial charge in [0, 0.05) is 30.2 Å². The van der Waals surface area contributed by atoms with Gasteiger partial charge in [-0.3, -0.25) is 4.79 Å². The Morgan fingerprint density at radius 1 is 1.24 bits per heavy atom. The number of hydrogen-bond acceptors (Lipinski definition) is 7. The van der Waals surface area contributed by atoms with E-state index in [1.807, 2.05) is 29.0 Å². The zero-order valence-electron chi connectivity index (χ0n) is 13.3. The van der Waals surface area contributed by atoms with Gasteiger partial charge in [0.15, 0.2) is 5.82 Å². The van der Waals surface area contributed by atoms with Crippen molar-refractivity contribution >= 4 is 40.1 Å². The van der Waals surface area contributed by atoms with Crippen molar-refractivity contribution in [3.8, 4) is 10.6 Å². The lowest BCUT2D eigenvalue weighted by atomic mass is 10.3. The Morgan fingerprint density at radius 2 is 2.12 bits per heavy atom. The van der Waals surface area contributed by atoms with E-state index in [0.717, 1.165) is 29.5 Å². The molecular weight excluding hydrogens is 356 g/mol. The van der Waals surface area contributed by atoms with Crippen LogP contribution in [0.2, 0.25) is 0 Å². The van der Waals surface area contributed by atoms with Gasteiger partial charge in [0.1, 0.15) is 9.88 Å². The van der Waals surface area contributed by atoms with Crippen LogP contribution in [0.15, 0.2) is 41.4 Å². The van der Waals surface area contributed by atoms with Crippen LogP contribution in [0.1, 0.15) is 9.67 Å². The van der Waals surface area contributed by atoms with Crippen LogP contribution >= 0.6 is 22.7 Å². The fraction of sp³-hybridized carbons (Fsp3) is 0.235. The summed E-state index contributed by atoms with van der Waals surface area (Å²) in [6, 6.07) is 5.70. The SMILES string of the molecule is O=C(Nc1cccnc1N1CCOCC1)c1cnc(-c2ccsc2)s1. The predicted octanol–water partition coefficient (Wildman–Crippen LogP) is 3.36. The first-order valence-corrected chi connectivity index (χ1v) is 9.64. The Hall–Kier alpha value is -2.29. The average Bonchev–Trinajstić information content (AvgIpc) is 3.34. The number of hydrogen-bond donors (Lipinski definition) is 1. The van der Waals surface area contributed by atoms with Crippen molar-refractivity contribution in [2.75, 3.05) is 36.5 Å². The zero-order valence-corrected chi connectivity index (χ0v) is 15.0. The summed E-state index contributed by atoms with van der Waals surface area (Å²) in [7, 11) is 0. The number of pyridine rings is 1. The van der Waals surface area contributed by atoms with E-state index >= 15 is 0 Å². The van der Waals surface area contributed by atoms with E-state index < -0.39 is 0 Å². The largest absolute Gasteiger partial charge is 0.378 e. The number of morpholine rings is 1. The predicted molar refractivity (Wildman–Crippen MR) is 101 cm³/mol. The highest BCUT2D eigenvalue weighted by molar-refractivity contribution is 7.17. The molecule has 4 rings (SSSR count). The average molecular weight is 372 g/mol. The van der Waals surface area contributed by atoms with Crippen LogP contribution in [-0.4, -0.2) is 42.2 Å². The molecule has 6 nitrogen and oxygen atoms in total. The van der Waals surface area contributed by atoms with Crippen LogP contribution in [0.25, 0.3) is 10.6 Å². The van der Waals surface area contributed by atoms with Crippen molar-refractivity contribution in [3.05, 3.63) is 46.2 Å². The highest BCUT2D eigenvalue weighted by atomic mass is 32.1. The Morgan fingerprint density at radius 3 is 2.92 bits per heavy atom. The highest BCUT2D eigenvalue weighted by Gasteiger charge is 2.19. The summed E-state index contributed by atoms with van der Waals surface area (Å²) in [4.78, 5) is 24.1. The summed E-state index contributed by atoms with van der Waals surface area (Å²) in [6.45, 7) is 2.87. The van der Waals surface area contributed by atoms with Crippen molar-refractivity contribution in [1.82, 2.24) is 9.97 Å². The quantitative estimate of drug-likeness (QED) is 0.761. The van der Waals surface area contributed by atoms with Gasteiger partial charge in [-0.25, -0.2) is 9.97 Å². The smallest absolute Gasteiger partial charge is 0.267 e. The fourth-order valence-electron chi connectivity index (χ4n) is 2.60. The monoisotopic (exact) mass is 372 g/mol. The first-order valence-electron chi connectivity index (χ1n) is 7.89. The summed E-state index contributed by atoms with van der Waals surface area (Å²) in [5, 5.41) is 7.85. The molecule has 128 valence electrons. The Bertz CT molecular complexity index is 857. The van der Waals surface area contributed by atoms with Crippen molar-refractivity contribution in [2.24, 2.45) is 0 Å². The number of rotatable bonds is 4. The second kappa shape index (κ2) is 7.30. The minimum Gasteiger partial charge on any atom is -0.378 e. The summed E-state index contributed by atoms with van der Waals surface area (Å²) < 4.78 is 5.39. The van der Waals surface area contributed by atoms with Gasteiger partial charge in [0.2, 0.25) is 0 Å². The van der Waals surface area contributed by atoms with Crippen LogP contribution in [0.4, 0.5) is 11.5 Å². The summed E-state index contributed by atoms with van der Waals surface area (Å²) in [5.74, 6) is 0.614. The molecule has 3 aromatic heterocycles. The normalized spacial score (nSPS) is 14.5. The van der Waals surface area contributed by atoms with Gasteiger partial charge >= 0.3 is 0 Å². The van der Waals surface area contributed by atoms with Gasteiger partial charge in [-0.2, -0.15) is 11.3 Å². The molecule has 0 atom stereocenters. The number of nitrogens with one attached hydrogen (secondary N) is 1. The van der Waals surface area contributed by atoms with Gasteiger partial charge in [0.05, 0.1) is 25.1 Å². The van der Waals surface area contributed by atoms with Gasteiger partial charge < -0.3 is 15.0 Å². The first kappa shape index (κ1) is 16.2. The minimum absolute atomic E-state index is 0.165. The summed E-state index contributed by atoms with van der Waals surface area (Å²) in [5.41, 5.74) is 1.75. The summed E-state index contributed by atoms with van der Waals surface area (Å²) >= 11 is 3.00. The lowest BCUT2D eigenvalue weighted by molar-refractivity contribution is 0.103. The molecule has 1 N–H and O–H groups in total. The van der Waals surface area contributed by atoms with Gasteiger partial charge in [-0.05, 0) is 23.6 Å². The molecular formula is C17H16N4O2S2. The molecule has 25 heavy (non-hydrogen) atoms. The number of ether oxygens (including phenoxy) is 1. The molecule has 0 unspecified atom stereocenters. The van der Waals surface area contributed by atoms with Crippen LogP contribution in [-0.2, 0) is 4.74 Å². The number of thiophene rings is 1. The molecule has 1 amide bonds. The summed E-state index contributed by atoms with van der Waals surface area (Å²) in [6.07, 6.45) is 3.36. The van der Waals surface area contributed by atoms with E-state index in [1.54, 1.807) is 23.7 Å². The molecule has 1 aliphatic rings. The van der Waals surface area contributed by atoms with E-state index in [1.165, 1.54) is 11.3 Å². The third-order valence-corrected chi connectivity index (χ3v) is 5.57. The molecule has 0 aromatic carbocycles. The molecule has 1 aliphatic heterocycles. The third-order valence-electron chi connectivity index (χ3n) is 3.84. The van der Waals surface area contributed by atoms with Crippen molar-refractivity contribution in [2.45, 2.75) is 0 Å². The number of anilines is 2. The molecule has 1 saturated heterocycles. The number of nitrogens with zero attached hydrogens (tertiary/aromatic N) is 3. The molecule has 1 fully saturated rings. The molecule has 3 aromatic rings. The van der Waals surface area contributed by atoms with Crippen molar-refractivity contribution < 1.29 is 9.53 Å². The molecule has 8 heteroatoms. The number of thiazole rings is 1. The van der Waals surface area contributed by atoms with Crippen LogP contribution in [0, 0.1) is 0 Å². The van der Waals surface area contributed by atoms with E-state index in [-0.39, 0.29) is 5.91 Å². The zero-order chi connectivity index (χ0) is 17.1. The first-order chi connectivity index (χ1) is 12.3. The molecule has 0 saturated carbocycles. The topological polar surface area (TPSA) is 67.4 Å². The minimum atomic E-state index is -0.165. The maximum atomic E-state index is 12.6. The lowest BCUT2D eigenvalue weighted by Gasteiger charge is -2.29. The number of carbonyl (C=O) groups excluding carboxylic acids is 1. The second-order valence-electron chi connectivity index (χ2n) is 5.47. The molecule has 0 radical (unpaired) electrons. The molecule has 0 aliphatic carbocycles. The Balaban J connectivity index is 1.53. The van der Waals surface area contributed by atoms with E-state index in [9.17, 15) is 4.79 Å². The highest BCUT2D eigenvalue weighted by Crippen LogP contribution is 2.29. The van der Waals surface area contributed by atoms with Gasteiger partial charge in [0.25, 0.3) is 5.91 Å². The third kappa shape index (κ3) is 3.55. The number of carbonyl (C=O) groups is 1. The maximum Gasteiger partial charge on any atom is 0.267 e. The fourth-order valence-corrected chi connectivity index (χ4v) is 4.13. The number of amides is 1. The maximum absolute atomic E-state index is 12.6. The van der Waals surface area contributed by atoms with Crippen molar-refractivity contribution in [1.29, 1.82) is 0 Å². The van der Waals surface area contributed by atoms with E-state index in [0.29, 0.717) is 23.8 Å². The Kier molecular flexibility index (Phi) is 4.73. The second-order valence-corrected chi connectivity index (χ2v) is 7.28. The number of aromatic nitrogens is 2. The van der Waals surface area contributed by atoms with Gasteiger partial charge in [-0.1, -0.05) is 0 Å². The van der Waals surface area contributed by atoms with E-state index in [2.05, 4.69) is 20.2 Å². The molecule has 0 bridgehead atoms. The standard InChI is InChI=1S/C17H16N4O2S2/c22-16(14-10-19-17(25-14)12-3-9-24-11-12)20-13-2-1-4-18-15(13)21-5-7-23-8-6-21/h1-4,9-11H,5-8H2,(H,20,22). The van der Waals surface area contributed by atoms with Crippen LogP contribution in [0.3, 0.4) is 0 Å².